The highest BCUT2D eigenvalue weighted by Crippen LogP contribution is 2.25. The van der Waals surface area contributed by atoms with E-state index in [1.807, 2.05) is 0 Å². The van der Waals surface area contributed by atoms with Gasteiger partial charge in [-0.2, -0.15) is 13.2 Å². The average molecular weight is 413 g/mol. The summed E-state index contributed by atoms with van der Waals surface area (Å²) in [6.07, 6.45) is -3.30. The first kappa shape index (κ1) is 21.9. The second kappa shape index (κ2) is 9.17. The van der Waals surface area contributed by atoms with Gasteiger partial charge in [-0.15, -0.1) is 0 Å². The number of aromatic nitrogens is 3. The molecular weight excluding hydrogens is 395 g/mol. The summed E-state index contributed by atoms with van der Waals surface area (Å²) in [6, 6.07) is 1.59. The van der Waals surface area contributed by atoms with Gasteiger partial charge in [0.1, 0.15) is 18.2 Å². The van der Waals surface area contributed by atoms with Gasteiger partial charge in [0.05, 0.1) is 12.6 Å². The van der Waals surface area contributed by atoms with Crippen LogP contribution in [0.2, 0.25) is 0 Å². The average Bonchev–Trinajstić information content (AvgIpc) is 2.62. The molecule has 12 heteroatoms. The highest BCUT2D eigenvalue weighted by atomic mass is 19.4. The standard InChI is InChI=1S/C17H18F3N5O4/c1-25(2)16(28)29-12-4-3-11(22-8-12)5-13(15(26)27)24-14-10(6-17(18,19)20)7-21-9-23-14/h3-4,7-9,13H,5-6H2,1-2H3,(H,26,27)(H,21,23,24)/t13-/m0/s1. The van der Waals surface area contributed by atoms with Crippen molar-refractivity contribution in [2.24, 2.45) is 0 Å². The van der Waals surface area contributed by atoms with Crippen molar-refractivity contribution in [3.63, 3.8) is 0 Å². The molecule has 2 rings (SSSR count). The maximum atomic E-state index is 12.7. The summed E-state index contributed by atoms with van der Waals surface area (Å²) in [5.41, 5.74) is 0.0473. The van der Waals surface area contributed by atoms with Gasteiger partial charge >= 0.3 is 18.2 Å². The van der Waals surface area contributed by atoms with Crippen molar-refractivity contribution in [2.45, 2.75) is 25.1 Å². The van der Waals surface area contributed by atoms with Gasteiger partial charge in [-0.25, -0.2) is 19.6 Å². The summed E-state index contributed by atoms with van der Waals surface area (Å²) in [7, 11) is 3.01. The summed E-state index contributed by atoms with van der Waals surface area (Å²) < 4.78 is 43.1. The molecule has 9 nitrogen and oxygen atoms in total. The summed E-state index contributed by atoms with van der Waals surface area (Å²) in [5, 5.41) is 11.9. The van der Waals surface area contributed by atoms with Gasteiger partial charge in [0.15, 0.2) is 5.75 Å². The fourth-order valence-corrected chi connectivity index (χ4v) is 2.19. The number of nitrogens with one attached hydrogen (secondary N) is 1. The minimum Gasteiger partial charge on any atom is -0.480 e. The number of carboxylic acid groups (broad SMARTS) is 1. The van der Waals surface area contributed by atoms with Gasteiger partial charge in [-0.3, -0.25) is 4.98 Å². The maximum Gasteiger partial charge on any atom is 0.414 e. The molecule has 0 aliphatic heterocycles. The molecular formula is C17H18F3N5O4. The largest absolute Gasteiger partial charge is 0.480 e. The maximum absolute atomic E-state index is 12.7. The van der Waals surface area contributed by atoms with Crippen LogP contribution in [0, 0.1) is 0 Å². The molecule has 0 aliphatic rings. The van der Waals surface area contributed by atoms with Crippen molar-refractivity contribution in [3.8, 4) is 5.75 Å². The van der Waals surface area contributed by atoms with E-state index in [9.17, 15) is 27.9 Å². The molecule has 1 amide bonds. The monoisotopic (exact) mass is 413 g/mol. The summed E-state index contributed by atoms with van der Waals surface area (Å²) in [6.45, 7) is 0. The lowest BCUT2D eigenvalue weighted by molar-refractivity contribution is -0.137. The predicted octanol–water partition coefficient (Wildman–Crippen LogP) is 2.14. The number of anilines is 1. The van der Waals surface area contributed by atoms with Crippen LogP contribution in [-0.4, -0.2) is 63.3 Å². The molecule has 0 fully saturated rings. The zero-order chi connectivity index (χ0) is 21.6. The van der Waals surface area contributed by atoms with Crippen LogP contribution in [0.4, 0.5) is 23.8 Å². The molecule has 0 radical (unpaired) electrons. The molecule has 0 bridgehead atoms. The molecule has 156 valence electrons. The number of aliphatic carboxylic acids is 1. The molecule has 0 saturated carbocycles. The highest BCUT2D eigenvalue weighted by molar-refractivity contribution is 5.77. The van der Waals surface area contributed by atoms with Gasteiger partial charge in [-0.05, 0) is 12.1 Å². The third-order valence-electron chi connectivity index (χ3n) is 3.57. The lowest BCUT2D eigenvalue weighted by Crippen LogP contribution is -2.33. The van der Waals surface area contributed by atoms with E-state index in [-0.39, 0.29) is 23.6 Å². The zero-order valence-corrected chi connectivity index (χ0v) is 15.5. The van der Waals surface area contributed by atoms with Crippen LogP contribution in [-0.2, 0) is 17.6 Å². The molecule has 2 heterocycles. The van der Waals surface area contributed by atoms with Gasteiger partial charge in [0, 0.05) is 38.0 Å². The first-order valence-corrected chi connectivity index (χ1v) is 8.24. The van der Waals surface area contributed by atoms with Gasteiger partial charge < -0.3 is 20.1 Å². The van der Waals surface area contributed by atoms with E-state index < -0.39 is 30.7 Å². The van der Waals surface area contributed by atoms with Crippen molar-refractivity contribution in [3.05, 3.63) is 42.1 Å². The number of halogens is 3. The van der Waals surface area contributed by atoms with E-state index in [0.717, 1.165) is 12.5 Å². The van der Waals surface area contributed by atoms with Crippen LogP contribution in [0.1, 0.15) is 11.3 Å². The van der Waals surface area contributed by atoms with Gasteiger partial charge in [0.2, 0.25) is 0 Å². The minimum absolute atomic E-state index is 0.146. The zero-order valence-electron chi connectivity index (χ0n) is 15.5. The first-order valence-electron chi connectivity index (χ1n) is 8.24. The van der Waals surface area contributed by atoms with E-state index in [2.05, 4.69) is 20.3 Å². The third-order valence-corrected chi connectivity index (χ3v) is 3.57. The Morgan fingerprint density at radius 2 is 1.97 bits per heavy atom. The number of carboxylic acids is 1. The third kappa shape index (κ3) is 6.90. The van der Waals surface area contributed by atoms with Crippen molar-refractivity contribution in [1.29, 1.82) is 0 Å². The molecule has 2 aromatic rings. The lowest BCUT2D eigenvalue weighted by atomic mass is 10.1. The quantitative estimate of drug-likeness (QED) is 0.709. The fourth-order valence-electron chi connectivity index (χ4n) is 2.19. The Kier molecular flexibility index (Phi) is 6.91. The Bertz CT molecular complexity index is 859. The number of hydrogen-bond acceptors (Lipinski definition) is 7. The second-order valence-electron chi connectivity index (χ2n) is 6.18. The van der Waals surface area contributed by atoms with Crippen LogP contribution in [0.15, 0.2) is 30.9 Å². The van der Waals surface area contributed by atoms with Crippen molar-refractivity contribution < 1.29 is 32.6 Å². The van der Waals surface area contributed by atoms with Crippen LogP contribution < -0.4 is 10.1 Å². The molecule has 2 N–H and O–H groups in total. The number of carbonyl (C=O) groups is 2. The van der Waals surface area contributed by atoms with E-state index in [4.69, 9.17) is 4.74 Å². The van der Waals surface area contributed by atoms with Gasteiger partial charge in [-0.1, -0.05) is 0 Å². The van der Waals surface area contributed by atoms with E-state index in [1.165, 1.54) is 37.3 Å². The smallest absolute Gasteiger partial charge is 0.414 e. The second-order valence-corrected chi connectivity index (χ2v) is 6.18. The SMILES string of the molecule is CN(C)C(=O)Oc1ccc(C[C@H](Nc2ncncc2CC(F)(F)F)C(=O)O)nc1. The van der Waals surface area contributed by atoms with E-state index >= 15 is 0 Å². The minimum atomic E-state index is -4.50. The number of nitrogens with zero attached hydrogens (tertiary/aromatic N) is 4. The number of amides is 1. The van der Waals surface area contributed by atoms with Crippen molar-refractivity contribution >= 4 is 17.9 Å². The molecule has 1 atom stereocenters. The molecule has 0 unspecified atom stereocenters. The van der Waals surface area contributed by atoms with Crippen molar-refractivity contribution in [2.75, 3.05) is 19.4 Å². The Labute approximate surface area is 163 Å². The number of rotatable bonds is 7. The topological polar surface area (TPSA) is 118 Å². The highest BCUT2D eigenvalue weighted by Gasteiger charge is 2.30. The van der Waals surface area contributed by atoms with Crippen LogP contribution >= 0.6 is 0 Å². The Morgan fingerprint density at radius 1 is 1.24 bits per heavy atom. The summed E-state index contributed by atoms with van der Waals surface area (Å²) >= 11 is 0. The number of ether oxygens (including phenoxy) is 1. The van der Waals surface area contributed by atoms with E-state index in [0.29, 0.717) is 5.69 Å². The number of hydrogen-bond donors (Lipinski definition) is 2. The van der Waals surface area contributed by atoms with Crippen LogP contribution in [0.3, 0.4) is 0 Å². The van der Waals surface area contributed by atoms with Crippen molar-refractivity contribution in [1.82, 2.24) is 19.9 Å². The van der Waals surface area contributed by atoms with Crippen LogP contribution in [0.25, 0.3) is 0 Å². The Balaban J connectivity index is 2.12. The molecule has 0 aliphatic carbocycles. The Morgan fingerprint density at radius 3 is 2.52 bits per heavy atom. The molecule has 0 spiro atoms. The summed E-state index contributed by atoms with van der Waals surface area (Å²) in [4.78, 5) is 35.6. The molecule has 0 aromatic carbocycles. The summed E-state index contributed by atoms with van der Waals surface area (Å²) in [5.74, 6) is -1.36. The number of carbonyl (C=O) groups excluding carboxylic acids is 1. The predicted molar refractivity (Wildman–Crippen MR) is 94.5 cm³/mol. The van der Waals surface area contributed by atoms with Gasteiger partial charge in [0.25, 0.3) is 0 Å². The van der Waals surface area contributed by atoms with Crippen LogP contribution in [0.5, 0.6) is 5.75 Å². The fraction of sp³-hybridized carbons (Fsp3) is 0.353. The van der Waals surface area contributed by atoms with E-state index in [1.54, 1.807) is 0 Å². The normalized spacial score (nSPS) is 12.2. The Hall–Kier alpha value is -3.44. The first-order chi connectivity index (χ1) is 13.5. The lowest BCUT2D eigenvalue weighted by Gasteiger charge is -2.17. The molecule has 29 heavy (non-hydrogen) atoms. The number of alkyl halides is 3. The molecule has 0 saturated heterocycles. The number of pyridine rings is 1. The molecule has 2 aromatic heterocycles.